The Morgan fingerprint density at radius 1 is 1.25 bits per heavy atom. The zero-order valence-corrected chi connectivity index (χ0v) is 9.68. The van der Waals surface area contributed by atoms with Crippen molar-refractivity contribution >= 4 is 11.6 Å². The van der Waals surface area contributed by atoms with Crippen molar-refractivity contribution < 1.29 is 13.5 Å². The summed E-state index contributed by atoms with van der Waals surface area (Å²) in [5.74, 6) is -0.886. The van der Waals surface area contributed by atoms with E-state index in [4.69, 9.17) is 16.3 Å². The fraction of sp³-hybridized carbons (Fsp3) is 0.500. The maximum atomic E-state index is 13.0. The van der Waals surface area contributed by atoms with Crippen LogP contribution in [-0.2, 0) is 4.74 Å². The number of hydrogen-bond acceptors (Lipinski definition) is 1. The molecule has 0 aliphatic carbocycles. The highest BCUT2D eigenvalue weighted by molar-refractivity contribution is 6.20. The minimum atomic E-state index is -0.580. The molecular weight excluding hydrogens is 234 g/mol. The summed E-state index contributed by atoms with van der Waals surface area (Å²) in [6.45, 7) is 2.52. The highest BCUT2D eigenvalue weighted by Crippen LogP contribution is 2.33. The molecule has 0 bridgehead atoms. The van der Waals surface area contributed by atoms with E-state index in [1.807, 2.05) is 6.92 Å². The van der Waals surface area contributed by atoms with Gasteiger partial charge in [-0.2, -0.15) is 0 Å². The Kier molecular flexibility index (Phi) is 3.45. The molecule has 2 rings (SSSR count). The van der Waals surface area contributed by atoms with E-state index >= 15 is 0 Å². The Labute approximate surface area is 98.4 Å². The molecule has 3 atom stereocenters. The van der Waals surface area contributed by atoms with Crippen LogP contribution in [0, 0.1) is 17.6 Å². The molecule has 1 aromatic rings. The average molecular weight is 247 g/mol. The van der Waals surface area contributed by atoms with Crippen molar-refractivity contribution in [3.8, 4) is 0 Å². The molecule has 1 heterocycles. The number of hydrogen-bond donors (Lipinski definition) is 0. The highest BCUT2D eigenvalue weighted by atomic mass is 35.5. The van der Waals surface area contributed by atoms with E-state index in [9.17, 15) is 8.78 Å². The van der Waals surface area contributed by atoms with Gasteiger partial charge >= 0.3 is 0 Å². The summed E-state index contributed by atoms with van der Waals surface area (Å²) in [5, 5.41) is -0.00919. The average Bonchev–Trinajstić information content (AvgIpc) is 2.20. The van der Waals surface area contributed by atoms with Crippen molar-refractivity contribution in [3.63, 3.8) is 0 Å². The van der Waals surface area contributed by atoms with Crippen LogP contribution in [0.1, 0.15) is 25.0 Å². The molecule has 1 aliphatic rings. The van der Waals surface area contributed by atoms with Crippen LogP contribution in [0.5, 0.6) is 0 Å². The van der Waals surface area contributed by atoms with Crippen molar-refractivity contribution in [2.24, 2.45) is 5.92 Å². The van der Waals surface area contributed by atoms with Gasteiger partial charge in [0.05, 0.1) is 12.7 Å². The van der Waals surface area contributed by atoms with Gasteiger partial charge in [-0.15, -0.1) is 11.6 Å². The number of ether oxygens (including phenoxy) is 1. The van der Waals surface area contributed by atoms with Crippen LogP contribution in [0.3, 0.4) is 0 Å². The Bertz CT molecular complexity index is 363. The van der Waals surface area contributed by atoms with Crippen LogP contribution in [0.25, 0.3) is 0 Å². The standard InChI is InChI=1S/C12H13ClF2O/c1-7-6-16-12(5-11(7)13)8-2-9(14)4-10(15)3-8/h2-4,7,11-12H,5-6H2,1H3. The molecule has 1 aliphatic heterocycles. The molecule has 1 aromatic carbocycles. The van der Waals surface area contributed by atoms with Gasteiger partial charge in [0.2, 0.25) is 0 Å². The topological polar surface area (TPSA) is 9.23 Å². The normalized spacial score (nSPS) is 30.4. The molecule has 0 radical (unpaired) electrons. The lowest BCUT2D eigenvalue weighted by atomic mass is 9.95. The molecule has 0 spiro atoms. The molecule has 1 saturated heterocycles. The molecule has 4 heteroatoms. The lowest BCUT2D eigenvalue weighted by Crippen LogP contribution is -2.28. The van der Waals surface area contributed by atoms with Gasteiger partial charge in [0.1, 0.15) is 11.6 Å². The van der Waals surface area contributed by atoms with Crippen LogP contribution < -0.4 is 0 Å². The number of alkyl halides is 1. The van der Waals surface area contributed by atoms with E-state index in [-0.39, 0.29) is 17.4 Å². The molecule has 88 valence electrons. The SMILES string of the molecule is CC1COC(c2cc(F)cc(F)c2)CC1Cl. The highest BCUT2D eigenvalue weighted by Gasteiger charge is 2.28. The van der Waals surface area contributed by atoms with E-state index in [0.29, 0.717) is 18.6 Å². The summed E-state index contributed by atoms with van der Waals surface area (Å²) < 4.78 is 31.6. The molecule has 3 unspecified atom stereocenters. The third-order valence-corrected chi connectivity index (χ3v) is 3.48. The molecule has 1 fully saturated rings. The van der Waals surface area contributed by atoms with Gasteiger partial charge < -0.3 is 4.74 Å². The minimum absolute atomic E-state index is 0.00919. The number of benzene rings is 1. The minimum Gasteiger partial charge on any atom is -0.373 e. The van der Waals surface area contributed by atoms with Gasteiger partial charge in [-0.05, 0) is 30.0 Å². The monoisotopic (exact) mass is 246 g/mol. The molecule has 16 heavy (non-hydrogen) atoms. The van der Waals surface area contributed by atoms with Crippen molar-refractivity contribution in [1.82, 2.24) is 0 Å². The lowest BCUT2D eigenvalue weighted by molar-refractivity contribution is -0.0102. The van der Waals surface area contributed by atoms with Crippen LogP contribution in [0.15, 0.2) is 18.2 Å². The third-order valence-electron chi connectivity index (χ3n) is 2.87. The molecule has 0 amide bonds. The fourth-order valence-electron chi connectivity index (χ4n) is 1.87. The predicted molar refractivity (Wildman–Crippen MR) is 58.5 cm³/mol. The summed E-state index contributed by atoms with van der Waals surface area (Å²) in [5.41, 5.74) is 0.523. The lowest BCUT2D eigenvalue weighted by Gasteiger charge is -2.31. The van der Waals surface area contributed by atoms with Crippen molar-refractivity contribution in [2.75, 3.05) is 6.61 Å². The Morgan fingerprint density at radius 2 is 1.88 bits per heavy atom. The summed E-state index contributed by atoms with van der Waals surface area (Å²) >= 11 is 6.12. The van der Waals surface area contributed by atoms with Crippen LogP contribution in [0.2, 0.25) is 0 Å². The first-order chi connectivity index (χ1) is 7.56. The van der Waals surface area contributed by atoms with Gasteiger partial charge in [-0.1, -0.05) is 6.92 Å². The Hall–Kier alpha value is -0.670. The van der Waals surface area contributed by atoms with E-state index < -0.39 is 11.6 Å². The van der Waals surface area contributed by atoms with E-state index in [1.165, 1.54) is 12.1 Å². The van der Waals surface area contributed by atoms with Crippen molar-refractivity contribution in [2.45, 2.75) is 24.8 Å². The smallest absolute Gasteiger partial charge is 0.126 e. The maximum absolute atomic E-state index is 13.0. The van der Waals surface area contributed by atoms with Gasteiger partial charge in [-0.25, -0.2) is 8.78 Å². The third kappa shape index (κ3) is 2.53. The first-order valence-corrected chi connectivity index (χ1v) is 5.71. The molecule has 0 aromatic heterocycles. The molecular formula is C12H13ClF2O. The molecule has 0 N–H and O–H groups in total. The largest absolute Gasteiger partial charge is 0.373 e. The predicted octanol–water partition coefficient (Wildman–Crippen LogP) is 3.67. The van der Waals surface area contributed by atoms with Crippen molar-refractivity contribution in [3.05, 3.63) is 35.4 Å². The Morgan fingerprint density at radius 3 is 2.44 bits per heavy atom. The molecule has 0 saturated carbocycles. The van der Waals surface area contributed by atoms with Crippen LogP contribution >= 0.6 is 11.6 Å². The summed E-state index contributed by atoms with van der Waals surface area (Å²) in [6.07, 6.45) is 0.287. The van der Waals surface area contributed by atoms with E-state index in [2.05, 4.69) is 0 Å². The maximum Gasteiger partial charge on any atom is 0.126 e. The van der Waals surface area contributed by atoms with Gasteiger partial charge in [0, 0.05) is 11.4 Å². The number of halogens is 3. The first kappa shape index (κ1) is 11.8. The quantitative estimate of drug-likeness (QED) is 0.687. The second kappa shape index (κ2) is 4.68. The Balaban J connectivity index is 2.18. The zero-order chi connectivity index (χ0) is 11.7. The van der Waals surface area contributed by atoms with Gasteiger partial charge in [-0.3, -0.25) is 0 Å². The molecule has 1 nitrogen and oxygen atoms in total. The number of rotatable bonds is 1. The first-order valence-electron chi connectivity index (χ1n) is 5.28. The summed E-state index contributed by atoms with van der Waals surface area (Å²) in [4.78, 5) is 0. The second-order valence-electron chi connectivity index (χ2n) is 4.25. The van der Waals surface area contributed by atoms with Crippen LogP contribution in [-0.4, -0.2) is 12.0 Å². The van der Waals surface area contributed by atoms with Gasteiger partial charge in [0.15, 0.2) is 0 Å². The van der Waals surface area contributed by atoms with Crippen LogP contribution in [0.4, 0.5) is 8.78 Å². The summed E-state index contributed by atoms with van der Waals surface area (Å²) in [6, 6.07) is 3.45. The zero-order valence-electron chi connectivity index (χ0n) is 8.92. The van der Waals surface area contributed by atoms with Gasteiger partial charge in [0.25, 0.3) is 0 Å². The second-order valence-corrected chi connectivity index (χ2v) is 4.81. The van der Waals surface area contributed by atoms with E-state index in [1.54, 1.807) is 0 Å². The van der Waals surface area contributed by atoms with E-state index in [0.717, 1.165) is 6.07 Å². The van der Waals surface area contributed by atoms with Crippen molar-refractivity contribution in [1.29, 1.82) is 0 Å². The fourth-order valence-corrected chi connectivity index (χ4v) is 2.11. The summed E-state index contributed by atoms with van der Waals surface area (Å²) in [7, 11) is 0.